The van der Waals surface area contributed by atoms with Gasteiger partial charge in [0.05, 0.1) is 5.41 Å². The van der Waals surface area contributed by atoms with Crippen LogP contribution in [0.1, 0.15) is 78.7 Å². The van der Waals surface area contributed by atoms with Gasteiger partial charge >= 0.3 is 0 Å². The molecule has 9 rings (SSSR count). The van der Waals surface area contributed by atoms with Crippen LogP contribution in [-0.2, 0) is 5.41 Å². The van der Waals surface area contributed by atoms with Crippen LogP contribution in [0.25, 0.3) is 5.57 Å². The molecule has 1 aliphatic heterocycles. The second kappa shape index (κ2) is 10.2. The van der Waals surface area contributed by atoms with Crippen molar-refractivity contribution in [2.45, 2.75) is 62.4 Å². The predicted molar refractivity (Wildman–Crippen MR) is 182 cm³/mol. The Kier molecular flexibility index (Phi) is 6.05. The van der Waals surface area contributed by atoms with Crippen molar-refractivity contribution in [3.63, 3.8) is 0 Å². The minimum atomic E-state index is -0.152. The first kappa shape index (κ1) is 26.2. The monoisotopic (exact) mass is 573 g/mol. The third-order valence-electron chi connectivity index (χ3n) is 11.2. The Morgan fingerprint density at radius 3 is 2.66 bits per heavy atom. The molecule has 1 heterocycles. The van der Waals surface area contributed by atoms with Crippen LogP contribution in [0.4, 0.5) is 0 Å². The van der Waals surface area contributed by atoms with Crippen molar-refractivity contribution < 1.29 is 0 Å². The maximum atomic E-state index is 5.39. The molecule has 2 aromatic rings. The molecule has 2 aromatic carbocycles. The quantitative estimate of drug-likeness (QED) is 0.337. The summed E-state index contributed by atoms with van der Waals surface area (Å²) >= 11 is 0. The highest BCUT2D eigenvalue weighted by Gasteiger charge is 2.57. The average molecular weight is 574 g/mol. The zero-order valence-electron chi connectivity index (χ0n) is 25.5. The van der Waals surface area contributed by atoms with Crippen molar-refractivity contribution in [1.29, 1.82) is 0 Å². The fourth-order valence-electron chi connectivity index (χ4n) is 9.26. The second-order valence-corrected chi connectivity index (χ2v) is 13.4. The van der Waals surface area contributed by atoms with Crippen molar-refractivity contribution in [3.8, 4) is 0 Å². The first-order valence-electron chi connectivity index (χ1n) is 16.7. The van der Waals surface area contributed by atoms with E-state index in [1.165, 1.54) is 51.8 Å². The lowest BCUT2D eigenvalue weighted by molar-refractivity contribution is 0.396. The van der Waals surface area contributed by atoms with E-state index < -0.39 is 0 Å². The summed E-state index contributed by atoms with van der Waals surface area (Å²) in [4.78, 5) is 13.1. The zero-order valence-corrected chi connectivity index (χ0v) is 25.5. The molecule has 5 unspecified atom stereocenters. The van der Waals surface area contributed by atoms with E-state index in [9.17, 15) is 0 Å². The van der Waals surface area contributed by atoms with Crippen molar-refractivity contribution in [2.75, 3.05) is 7.05 Å². The largest absolute Gasteiger partial charge is 0.334 e. The van der Waals surface area contributed by atoms with E-state index in [-0.39, 0.29) is 17.5 Å². The van der Waals surface area contributed by atoms with Crippen LogP contribution in [0.2, 0.25) is 0 Å². The zero-order chi connectivity index (χ0) is 29.3. The first-order valence-corrected chi connectivity index (χ1v) is 16.7. The summed E-state index contributed by atoms with van der Waals surface area (Å²) in [5.41, 5.74) is 11.4. The van der Waals surface area contributed by atoms with E-state index >= 15 is 0 Å². The normalized spacial score (nSPS) is 31.0. The molecule has 7 aliphatic rings. The Morgan fingerprint density at radius 1 is 0.864 bits per heavy atom. The van der Waals surface area contributed by atoms with Crippen LogP contribution < -0.4 is 0 Å². The molecule has 0 saturated carbocycles. The minimum absolute atomic E-state index is 0.0107. The van der Waals surface area contributed by atoms with Gasteiger partial charge in [0.25, 0.3) is 0 Å². The van der Waals surface area contributed by atoms with Crippen molar-refractivity contribution >= 4 is 17.2 Å². The molecule has 218 valence electrons. The van der Waals surface area contributed by atoms with Crippen LogP contribution in [0.15, 0.2) is 130 Å². The lowest BCUT2D eigenvalue weighted by Gasteiger charge is -2.39. The fraction of sp³-hybridized carbons (Fsp3) is 0.317. The number of hydrogen-bond acceptors (Lipinski definition) is 3. The summed E-state index contributed by atoms with van der Waals surface area (Å²) in [6.07, 6.45) is 33.5. The molecule has 44 heavy (non-hydrogen) atoms. The molecule has 0 amide bonds. The Bertz CT molecular complexity index is 1840. The van der Waals surface area contributed by atoms with Crippen molar-refractivity contribution in [3.05, 3.63) is 148 Å². The molecule has 0 N–H and O–H groups in total. The van der Waals surface area contributed by atoms with E-state index in [1.807, 2.05) is 0 Å². The van der Waals surface area contributed by atoms with Crippen LogP contribution >= 0.6 is 0 Å². The summed E-state index contributed by atoms with van der Waals surface area (Å²) in [7, 11) is 2.21. The van der Waals surface area contributed by atoms with Crippen LogP contribution in [0, 0.1) is 11.8 Å². The summed E-state index contributed by atoms with van der Waals surface area (Å²) in [5.74, 6) is 3.01. The van der Waals surface area contributed by atoms with Gasteiger partial charge < -0.3 is 4.90 Å². The smallest absolute Gasteiger partial charge is 0.146 e. The highest BCUT2D eigenvalue weighted by molar-refractivity contribution is 6.09. The number of likely N-dealkylation sites (N-methyl/N-ethyl adjacent to an activating group) is 1. The number of allylic oxidation sites excluding steroid dienone is 12. The van der Waals surface area contributed by atoms with Gasteiger partial charge in [0.15, 0.2) is 0 Å². The van der Waals surface area contributed by atoms with E-state index in [2.05, 4.69) is 121 Å². The molecule has 5 atom stereocenters. The lowest BCUT2D eigenvalue weighted by atomic mass is 9.63. The molecule has 0 aromatic heterocycles. The number of rotatable bonds is 3. The average Bonchev–Trinajstić information content (AvgIpc) is 3.56. The van der Waals surface area contributed by atoms with Gasteiger partial charge in [0.1, 0.15) is 17.8 Å². The summed E-state index contributed by atoms with van der Waals surface area (Å²) < 4.78 is 0. The standard InChI is InChI=1S/C41H39N3/c1-44-39(28-16-6-3-7-17-28)42-38(27-14-4-2-5-15-27)43-40(44)29-24-25-33-32-20-10-13-23-36(32)41(37(33)26-29)34-21-11-8-18-30(34)31-19-9-12-22-35(31)41/h2,4-5,8-12,14,16,18-22,24-27,30,34,39H,3,6-7,13,15,17,23H2,1H3. The Balaban J connectivity index is 1.23. The van der Waals surface area contributed by atoms with Gasteiger partial charge in [-0.15, -0.1) is 0 Å². The fourth-order valence-corrected chi connectivity index (χ4v) is 9.26. The molecular formula is C41H39N3. The van der Waals surface area contributed by atoms with E-state index in [0.717, 1.165) is 43.8 Å². The number of fused-ring (bicyclic) bond motifs is 9. The topological polar surface area (TPSA) is 28.0 Å². The third kappa shape index (κ3) is 3.68. The van der Waals surface area contributed by atoms with Gasteiger partial charge in [0.2, 0.25) is 0 Å². The lowest BCUT2D eigenvalue weighted by Crippen LogP contribution is -2.43. The molecule has 0 saturated heterocycles. The Hall–Kier alpha value is -4.24. The number of nitrogens with zero attached hydrogens (tertiary/aromatic N) is 3. The maximum absolute atomic E-state index is 5.39. The molecule has 0 radical (unpaired) electrons. The highest BCUT2D eigenvalue weighted by atomic mass is 15.3. The van der Waals surface area contributed by atoms with Gasteiger partial charge in [0, 0.05) is 30.4 Å². The van der Waals surface area contributed by atoms with Gasteiger partial charge in [-0.05, 0) is 90.0 Å². The minimum Gasteiger partial charge on any atom is -0.334 e. The van der Waals surface area contributed by atoms with E-state index in [4.69, 9.17) is 9.98 Å². The predicted octanol–water partition coefficient (Wildman–Crippen LogP) is 8.98. The molecule has 3 heteroatoms. The summed E-state index contributed by atoms with van der Waals surface area (Å²) in [6.45, 7) is 0. The highest BCUT2D eigenvalue weighted by Crippen LogP contribution is 2.65. The number of hydrogen-bond donors (Lipinski definition) is 0. The molecular weight excluding hydrogens is 534 g/mol. The molecule has 6 aliphatic carbocycles. The number of benzene rings is 2. The van der Waals surface area contributed by atoms with Gasteiger partial charge in [-0.2, -0.15) is 0 Å². The second-order valence-electron chi connectivity index (χ2n) is 13.4. The van der Waals surface area contributed by atoms with Gasteiger partial charge in [-0.1, -0.05) is 103 Å². The molecule has 0 fully saturated rings. The van der Waals surface area contributed by atoms with Crippen molar-refractivity contribution in [1.82, 2.24) is 4.90 Å². The van der Waals surface area contributed by atoms with Crippen LogP contribution in [0.3, 0.4) is 0 Å². The van der Waals surface area contributed by atoms with Crippen LogP contribution in [0.5, 0.6) is 0 Å². The Labute approximate surface area is 261 Å². The summed E-state index contributed by atoms with van der Waals surface area (Å²) in [6, 6.07) is 16.5. The third-order valence-corrected chi connectivity index (χ3v) is 11.2. The van der Waals surface area contributed by atoms with Gasteiger partial charge in [-0.25, -0.2) is 9.98 Å². The van der Waals surface area contributed by atoms with Crippen molar-refractivity contribution in [2.24, 2.45) is 21.8 Å². The SMILES string of the molecule is CN1C(c2ccc3c(c2)C2(C4=C3C=CCC4)c3ccccc3C3C=CC=CC32)=NC(C2C=CC=CC2)=NC1C1=CCCCC1. The van der Waals surface area contributed by atoms with E-state index in [1.54, 1.807) is 5.57 Å². The maximum Gasteiger partial charge on any atom is 0.146 e. The molecule has 1 spiro atoms. The Morgan fingerprint density at radius 2 is 1.77 bits per heavy atom. The molecule has 0 bridgehead atoms. The number of aliphatic imine (C=N–C) groups is 2. The molecule has 3 nitrogen and oxygen atoms in total. The summed E-state index contributed by atoms with van der Waals surface area (Å²) in [5, 5.41) is 0. The first-order chi connectivity index (χ1) is 21.7. The van der Waals surface area contributed by atoms with Gasteiger partial charge in [-0.3, -0.25) is 0 Å². The number of amidine groups is 2. The van der Waals surface area contributed by atoms with Crippen LogP contribution in [-0.4, -0.2) is 29.8 Å². The van der Waals surface area contributed by atoms with E-state index in [0.29, 0.717) is 11.8 Å².